The van der Waals surface area contributed by atoms with Gasteiger partial charge < -0.3 is 10.4 Å². The van der Waals surface area contributed by atoms with Gasteiger partial charge in [-0.25, -0.2) is 4.79 Å². The highest BCUT2D eigenvalue weighted by molar-refractivity contribution is 6.30. The maximum absolute atomic E-state index is 11.9. The largest absolute Gasteiger partial charge is 0.480 e. The first-order chi connectivity index (χ1) is 8.40. The van der Waals surface area contributed by atoms with Gasteiger partial charge in [0.05, 0.1) is 0 Å². The molecule has 0 unspecified atom stereocenters. The van der Waals surface area contributed by atoms with Gasteiger partial charge >= 0.3 is 12.0 Å². The summed E-state index contributed by atoms with van der Waals surface area (Å²) in [5.41, 5.74) is 0.486. The number of carbonyl (C=O) groups is 2. The van der Waals surface area contributed by atoms with Crippen molar-refractivity contribution in [3.8, 4) is 0 Å². The zero-order valence-electron chi connectivity index (χ0n) is 10.2. The molecular weight excluding hydrogens is 256 g/mol. The lowest BCUT2D eigenvalue weighted by atomic mass is 10.3. The second-order valence-corrected chi connectivity index (χ2v) is 4.50. The third-order valence-corrected chi connectivity index (χ3v) is 2.34. The molecule has 18 heavy (non-hydrogen) atoms. The number of hydrogen-bond donors (Lipinski definition) is 2. The van der Waals surface area contributed by atoms with Crippen LogP contribution in [0.2, 0.25) is 5.02 Å². The number of halogens is 1. The average Bonchev–Trinajstić information content (AvgIpc) is 2.26. The minimum atomic E-state index is -1.08. The number of aliphatic carboxylic acids is 1. The molecule has 0 aliphatic heterocycles. The zero-order chi connectivity index (χ0) is 13.7. The second kappa shape index (κ2) is 6.26. The fourth-order valence-corrected chi connectivity index (χ4v) is 1.49. The first-order valence-electron chi connectivity index (χ1n) is 5.45. The molecule has 98 valence electrons. The number of amides is 2. The molecule has 0 aliphatic carbocycles. The first-order valence-corrected chi connectivity index (χ1v) is 5.83. The third kappa shape index (κ3) is 4.25. The molecule has 0 bridgehead atoms. The van der Waals surface area contributed by atoms with Gasteiger partial charge in [-0.15, -0.1) is 0 Å². The van der Waals surface area contributed by atoms with Crippen molar-refractivity contribution in [2.24, 2.45) is 0 Å². The van der Waals surface area contributed by atoms with Crippen molar-refractivity contribution in [2.45, 2.75) is 19.9 Å². The van der Waals surface area contributed by atoms with Crippen LogP contribution in [0.5, 0.6) is 0 Å². The van der Waals surface area contributed by atoms with Crippen molar-refractivity contribution in [2.75, 3.05) is 11.4 Å². The molecule has 0 radical (unpaired) electrons. The van der Waals surface area contributed by atoms with E-state index in [9.17, 15) is 9.59 Å². The summed E-state index contributed by atoms with van der Waals surface area (Å²) in [6, 6.07) is 5.90. The lowest BCUT2D eigenvalue weighted by Crippen LogP contribution is -2.45. The monoisotopic (exact) mass is 270 g/mol. The molecule has 0 saturated heterocycles. The summed E-state index contributed by atoms with van der Waals surface area (Å²) >= 11 is 5.75. The molecule has 2 N–H and O–H groups in total. The molecule has 0 aliphatic rings. The van der Waals surface area contributed by atoms with Crippen LogP contribution >= 0.6 is 11.6 Å². The summed E-state index contributed by atoms with van der Waals surface area (Å²) in [5.74, 6) is -1.08. The van der Waals surface area contributed by atoms with E-state index in [1.807, 2.05) is 0 Å². The van der Waals surface area contributed by atoms with E-state index < -0.39 is 18.5 Å². The average molecular weight is 271 g/mol. The fourth-order valence-electron chi connectivity index (χ4n) is 1.36. The summed E-state index contributed by atoms with van der Waals surface area (Å²) in [6.07, 6.45) is 0. The standard InChI is InChI=1S/C12H15ClN2O3/c1-8(2)14-12(18)15(7-11(16)17)10-5-3-9(13)4-6-10/h3-6,8H,7H2,1-2H3,(H,14,18)(H,16,17). The van der Waals surface area contributed by atoms with E-state index in [0.29, 0.717) is 10.7 Å². The number of carboxylic acid groups (broad SMARTS) is 1. The normalized spacial score (nSPS) is 10.2. The maximum atomic E-state index is 11.9. The van der Waals surface area contributed by atoms with Gasteiger partial charge in [0, 0.05) is 16.8 Å². The number of hydrogen-bond acceptors (Lipinski definition) is 2. The number of carboxylic acids is 1. The van der Waals surface area contributed by atoms with Gasteiger partial charge in [0.25, 0.3) is 0 Å². The van der Waals surface area contributed by atoms with Crippen LogP contribution in [-0.4, -0.2) is 29.7 Å². The van der Waals surface area contributed by atoms with Gasteiger partial charge in [-0.3, -0.25) is 9.69 Å². The van der Waals surface area contributed by atoms with Gasteiger partial charge in [0.2, 0.25) is 0 Å². The van der Waals surface area contributed by atoms with Gasteiger partial charge in [-0.1, -0.05) is 11.6 Å². The lowest BCUT2D eigenvalue weighted by Gasteiger charge is -2.22. The Morgan fingerprint density at radius 3 is 2.33 bits per heavy atom. The number of nitrogens with zero attached hydrogens (tertiary/aromatic N) is 1. The molecule has 5 nitrogen and oxygen atoms in total. The van der Waals surface area contributed by atoms with Crippen LogP contribution in [0.25, 0.3) is 0 Å². The van der Waals surface area contributed by atoms with Crippen LogP contribution < -0.4 is 10.2 Å². The number of rotatable bonds is 4. The van der Waals surface area contributed by atoms with E-state index in [0.717, 1.165) is 4.90 Å². The molecule has 1 aromatic rings. The van der Waals surface area contributed by atoms with Gasteiger partial charge in [-0.2, -0.15) is 0 Å². The highest BCUT2D eigenvalue weighted by Gasteiger charge is 2.19. The van der Waals surface area contributed by atoms with Crippen molar-refractivity contribution >= 4 is 29.3 Å². The highest BCUT2D eigenvalue weighted by atomic mass is 35.5. The summed E-state index contributed by atoms with van der Waals surface area (Å²) in [4.78, 5) is 23.8. The molecule has 0 aromatic heterocycles. The van der Waals surface area contributed by atoms with Crippen LogP contribution in [0.3, 0.4) is 0 Å². The van der Waals surface area contributed by atoms with Crippen molar-refractivity contribution in [3.63, 3.8) is 0 Å². The van der Waals surface area contributed by atoms with E-state index in [1.54, 1.807) is 38.1 Å². The van der Waals surface area contributed by atoms with Crippen LogP contribution in [0.4, 0.5) is 10.5 Å². The Morgan fingerprint density at radius 2 is 1.89 bits per heavy atom. The summed E-state index contributed by atoms with van der Waals surface area (Å²) < 4.78 is 0. The fraction of sp³-hybridized carbons (Fsp3) is 0.333. The molecule has 1 rings (SSSR count). The maximum Gasteiger partial charge on any atom is 0.323 e. The smallest absolute Gasteiger partial charge is 0.323 e. The summed E-state index contributed by atoms with van der Waals surface area (Å²) in [6.45, 7) is 3.21. The molecule has 0 saturated carbocycles. The van der Waals surface area contributed by atoms with Gasteiger partial charge in [0.15, 0.2) is 0 Å². The Labute approximate surface area is 110 Å². The SMILES string of the molecule is CC(C)NC(=O)N(CC(=O)O)c1ccc(Cl)cc1. The van der Waals surface area contributed by atoms with Crippen LogP contribution in [0.15, 0.2) is 24.3 Å². The number of nitrogens with one attached hydrogen (secondary N) is 1. The quantitative estimate of drug-likeness (QED) is 0.882. The lowest BCUT2D eigenvalue weighted by molar-refractivity contribution is -0.135. The molecule has 2 amide bonds. The summed E-state index contributed by atoms with van der Waals surface area (Å²) in [7, 11) is 0. The van der Waals surface area contributed by atoms with E-state index in [4.69, 9.17) is 16.7 Å². The van der Waals surface area contributed by atoms with E-state index >= 15 is 0 Å². The van der Waals surface area contributed by atoms with Crippen molar-refractivity contribution < 1.29 is 14.7 Å². The minimum Gasteiger partial charge on any atom is -0.480 e. The second-order valence-electron chi connectivity index (χ2n) is 4.06. The van der Waals surface area contributed by atoms with Crippen molar-refractivity contribution in [3.05, 3.63) is 29.3 Å². The van der Waals surface area contributed by atoms with E-state index in [2.05, 4.69) is 5.32 Å². The Hall–Kier alpha value is -1.75. The molecule has 6 heteroatoms. The topological polar surface area (TPSA) is 69.6 Å². The molecule has 0 heterocycles. The van der Waals surface area contributed by atoms with E-state index in [1.165, 1.54) is 0 Å². The van der Waals surface area contributed by atoms with Gasteiger partial charge in [0.1, 0.15) is 6.54 Å². The van der Waals surface area contributed by atoms with Crippen LogP contribution in [0.1, 0.15) is 13.8 Å². The Bertz CT molecular complexity index is 431. The van der Waals surface area contributed by atoms with Crippen LogP contribution in [-0.2, 0) is 4.79 Å². The van der Waals surface area contributed by atoms with E-state index in [-0.39, 0.29) is 6.04 Å². The highest BCUT2D eigenvalue weighted by Crippen LogP contribution is 2.18. The molecule has 0 fully saturated rings. The Morgan fingerprint density at radius 1 is 1.33 bits per heavy atom. The predicted molar refractivity (Wildman–Crippen MR) is 70.1 cm³/mol. The molecule has 0 spiro atoms. The van der Waals surface area contributed by atoms with Crippen molar-refractivity contribution in [1.29, 1.82) is 0 Å². The van der Waals surface area contributed by atoms with Gasteiger partial charge in [-0.05, 0) is 38.1 Å². The Kier molecular flexibility index (Phi) is 4.97. The third-order valence-electron chi connectivity index (χ3n) is 2.09. The number of urea groups is 1. The van der Waals surface area contributed by atoms with Crippen molar-refractivity contribution in [1.82, 2.24) is 5.32 Å². The number of benzene rings is 1. The number of carbonyl (C=O) groups excluding carboxylic acids is 1. The molecular formula is C12H15ClN2O3. The minimum absolute atomic E-state index is 0.0684. The Balaban J connectivity index is 2.93. The summed E-state index contributed by atoms with van der Waals surface area (Å²) in [5, 5.41) is 12.0. The first kappa shape index (κ1) is 14.3. The zero-order valence-corrected chi connectivity index (χ0v) is 10.9. The van der Waals surface area contributed by atoms with Crippen LogP contribution in [0, 0.1) is 0 Å². The predicted octanol–water partition coefficient (Wildman–Crippen LogP) is 2.35. The molecule has 1 aromatic carbocycles. The molecule has 0 atom stereocenters. The number of anilines is 1.